The van der Waals surface area contributed by atoms with Crippen LogP contribution in [0.3, 0.4) is 0 Å². The summed E-state index contributed by atoms with van der Waals surface area (Å²) < 4.78 is 0. The predicted molar refractivity (Wildman–Crippen MR) is 57.4 cm³/mol. The first-order valence-corrected chi connectivity index (χ1v) is 5.07. The lowest BCUT2D eigenvalue weighted by Crippen LogP contribution is -1.90. The molecule has 0 bridgehead atoms. The van der Waals surface area contributed by atoms with Gasteiger partial charge in [0.2, 0.25) is 0 Å². The van der Waals surface area contributed by atoms with Gasteiger partial charge < -0.3 is 0 Å². The number of carbonyl (C=O) groups is 1. The fourth-order valence-electron chi connectivity index (χ4n) is 1.03. The minimum atomic E-state index is 0.0533. The lowest BCUT2D eigenvalue weighted by atomic mass is 10.1. The Morgan fingerprint density at radius 2 is 2.23 bits per heavy atom. The molecule has 2 nitrogen and oxygen atoms in total. The van der Waals surface area contributed by atoms with Crippen molar-refractivity contribution in [2.24, 2.45) is 4.99 Å². The largest absolute Gasteiger partial charge is 0.295 e. The summed E-state index contributed by atoms with van der Waals surface area (Å²) in [5.41, 5.74) is 1.46. The van der Waals surface area contributed by atoms with Crippen LogP contribution in [0.2, 0.25) is 0 Å². The number of benzene rings is 1. The van der Waals surface area contributed by atoms with Gasteiger partial charge in [0.1, 0.15) is 0 Å². The molecule has 0 aliphatic carbocycles. The van der Waals surface area contributed by atoms with Crippen molar-refractivity contribution in [3.63, 3.8) is 0 Å². The Balaban J connectivity index is 3.20. The Labute approximate surface area is 82.1 Å². The van der Waals surface area contributed by atoms with Crippen LogP contribution in [0.4, 0.5) is 5.69 Å². The summed E-state index contributed by atoms with van der Waals surface area (Å²) >= 11 is 1.60. The summed E-state index contributed by atoms with van der Waals surface area (Å²) in [6.07, 6.45) is 1.97. The maximum atomic E-state index is 11.0. The molecular weight excluding hydrogens is 182 g/mol. The Bertz CT molecular complexity index is 347. The molecule has 0 N–H and O–H groups in total. The third kappa shape index (κ3) is 2.18. The van der Waals surface area contributed by atoms with Gasteiger partial charge in [-0.15, -0.1) is 11.8 Å². The number of hydrogen-bond donors (Lipinski definition) is 0. The molecule has 68 valence electrons. The summed E-state index contributed by atoms with van der Waals surface area (Å²) in [6.45, 7) is 5.01. The van der Waals surface area contributed by atoms with Gasteiger partial charge in [-0.1, -0.05) is 6.07 Å². The Morgan fingerprint density at radius 3 is 2.69 bits per heavy atom. The van der Waals surface area contributed by atoms with Gasteiger partial charge in [0, 0.05) is 10.5 Å². The first kappa shape index (κ1) is 9.99. The van der Waals surface area contributed by atoms with Crippen LogP contribution in [0.25, 0.3) is 0 Å². The second-order valence-electron chi connectivity index (χ2n) is 2.60. The molecule has 13 heavy (non-hydrogen) atoms. The number of Topliss-reactive ketones (excluding diaryl/α,β-unsaturated/α-hetero) is 1. The number of rotatable bonds is 3. The molecule has 0 aliphatic rings. The van der Waals surface area contributed by atoms with Crippen molar-refractivity contribution in [3.8, 4) is 0 Å². The van der Waals surface area contributed by atoms with Gasteiger partial charge in [0.25, 0.3) is 0 Å². The van der Waals surface area contributed by atoms with Crippen molar-refractivity contribution < 1.29 is 4.79 Å². The third-order valence-corrected chi connectivity index (χ3v) is 2.54. The van der Waals surface area contributed by atoms with Crippen LogP contribution in [-0.2, 0) is 0 Å². The smallest absolute Gasteiger partial charge is 0.159 e. The summed E-state index contributed by atoms with van der Waals surface area (Å²) in [5.74, 6) is 0.0533. The number of thioether (sulfide) groups is 1. The van der Waals surface area contributed by atoms with Crippen molar-refractivity contribution in [1.29, 1.82) is 0 Å². The molecule has 1 aromatic carbocycles. The number of ketones is 1. The van der Waals surface area contributed by atoms with Crippen LogP contribution < -0.4 is 0 Å². The molecule has 1 aromatic rings. The molecule has 0 unspecified atom stereocenters. The van der Waals surface area contributed by atoms with Crippen molar-refractivity contribution in [1.82, 2.24) is 0 Å². The summed E-state index contributed by atoms with van der Waals surface area (Å²) in [7, 11) is 0. The zero-order valence-electron chi connectivity index (χ0n) is 7.70. The van der Waals surface area contributed by atoms with Crippen LogP contribution in [-0.4, -0.2) is 18.8 Å². The molecule has 3 heteroatoms. The van der Waals surface area contributed by atoms with E-state index in [1.165, 1.54) is 0 Å². The van der Waals surface area contributed by atoms with E-state index in [1.54, 1.807) is 24.8 Å². The number of hydrogen-bond acceptors (Lipinski definition) is 3. The van der Waals surface area contributed by atoms with Gasteiger partial charge in [-0.3, -0.25) is 9.79 Å². The standard InChI is InChI=1S/C10H11NOS/c1-7(12)8-4-5-10(13-3)9(6-8)11-2/h4-6H,2H2,1,3H3. The van der Waals surface area contributed by atoms with Gasteiger partial charge in [-0.2, -0.15) is 0 Å². The van der Waals surface area contributed by atoms with E-state index >= 15 is 0 Å². The molecule has 0 fully saturated rings. The van der Waals surface area contributed by atoms with E-state index < -0.39 is 0 Å². The van der Waals surface area contributed by atoms with E-state index in [4.69, 9.17) is 0 Å². The van der Waals surface area contributed by atoms with Gasteiger partial charge in [-0.25, -0.2) is 0 Å². The lowest BCUT2D eigenvalue weighted by molar-refractivity contribution is 0.101. The molecule has 0 atom stereocenters. The van der Waals surface area contributed by atoms with Crippen LogP contribution in [0.1, 0.15) is 17.3 Å². The van der Waals surface area contributed by atoms with E-state index in [0.717, 1.165) is 10.6 Å². The van der Waals surface area contributed by atoms with Crippen LogP contribution in [0.15, 0.2) is 28.1 Å². The summed E-state index contributed by atoms with van der Waals surface area (Å²) in [5, 5.41) is 0. The van der Waals surface area contributed by atoms with E-state index in [9.17, 15) is 4.79 Å². The maximum absolute atomic E-state index is 11.0. The normalized spacial score (nSPS) is 9.69. The molecular formula is C10H11NOS. The molecule has 0 aliphatic heterocycles. The molecule has 0 saturated carbocycles. The zero-order chi connectivity index (χ0) is 9.84. The minimum absolute atomic E-state index is 0.0533. The molecule has 1 rings (SSSR count). The SMILES string of the molecule is C=Nc1cc(C(C)=O)ccc1SC. The van der Waals surface area contributed by atoms with Crippen LogP contribution >= 0.6 is 11.8 Å². The lowest BCUT2D eigenvalue weighted by Gasteiger charge is -2.03. The zero-order valence-corrected chi connectivity index (χ0v) is 8.52. The van der Waals surface area contributed by atoms with Crippen molar-refractivity contribution in [2.45, 2.75) is 11.8 Å². The first-order valence-electron chi connectivity index (χ1n) is 3.84. The van der Waals surface area contributed by atoms with Gasteiger partial charge in [-0.05, 0) is 32.0 Å². The van der Waals surface area contributed by atoms with Crippen LogP contribution in [0.5, 0.6) is 0 Å². The van der Waals surface area contributed by atoms with E-state index in [1.807, 2.05) is 18.4 Å². The molecule has 0 spiro atoms. The second-order valence-corrected chi connectivity index (χ2v) is 3.45. The Kier molecular flexibility index (Phi) is 3.25. The number of carbonyl (C=O) groups excluding carboxylic acids is 1. The topological polar surface area (TPSA) is 29.4 Å². The van der Waals surface area contributed by atoms with E-state index in [-0.39, 0.29) is 5.78 Å². The Morgan fingerprint density at radius 1 is 1.54 bits per heavy atom. The second kappa shape index (κ2) is 4.23. The molecule has 0 radical (unpaired) electrons. The van der Waals surface area contributed by atoms with Crippen molar-refractivity contribution in [2.75, 3.05) is 6.26 Å². The van der Waals surface area contributed by atoms with Crippen molar-refractivity contribution >= 4 is 30.0 Å². The summed E-state index contributed by atoms with van der Waals surface area (Å²) in [6, 6.07) is 5.47. The minimum Gasteiger partial charge on any atom is -0.295 e. The molecule has 0 heterocycles. The van der Waals surface area contributed by atoms with Crippen LogP contribution in [0, 0.1) is 0 Å². The third-order valence-electron chi connectivity index (χ3n) is 1.76. The Hall–Kier alpha value is -1.09. The highest BCUT2D eigenvalue weighted by Gasteiger charge is 2.03. The van der Waals surface area contributed by atoms with E-state index in [0.29, 0.717) is 5.56 Å². The average molecular weight is 193 g/mol. The maximum Gasteiger partial charge on any atom is 0.159 e. The molecule has 0 saturated heterocycles. The molecule has 0 amide bonds. The highest BCUT2D eigenvalue weighted by atomic mass is 32.2. The average Bonchev–Trinajstić information content (AvgIpc) is 2.16. The van der Waals surface area contributed by atoms with Gasteiger partial charge >= 0.3 is 0 Å². The number of aliphatic imine (C=N–C) groups is 1. The highest BCUT2D eigenvalue weighted by molar-refractivity contribution is 7.98. The summed E-state index contributed by atoms with van der Waals surface area (Å²) in [4.78, 5) is 15.9. The fourth-order valence-corrected chi connectivity index (χ4v) is 1.57. The van der Waals surface area contributed by atoms with E-state index in [2.05, 4.69) is 11.7 Å². The predicted octanol–water partition coefficient (Wildman–Crippen LogP) is 2.94. The fraction of sp³-hybridized carbons (Fsp3) is 0.200. The number of nitrogens with zero attached hydrogens (tertiary/aromatic N) is 1. The quantitative estimate of drug-likeness (QED) is 0.419. The van der Waals surface area contributed by atoms with Gasteiger partial charge in [0.15, 0.2) is 5.78 Å². The molecule has 0 aromatic heterocycles. The monoisotopic (exact) mass is 193 g/mol. The highest BCUT2D eigenvalue weighted by Crippen LogP contribution is 2.28. The van der Waals surface area contributed by atoms with Gasteiger partial charge in [0.05, 0.1) is 5.69 Å². The van der Waals surface area contributed by atoms with Crippen molar-refractivity contribution in [3.05, 3.63) is 23.8 Å². The first-order chi connectivity index (χ1) is 6.19.